The Labute approximate surface area is 164 Å². The Balaban J connectivity index is 1.70. The molecule has 6 nitrogen and oxygen atoms in total. The van der Waals surface area contributed by atoms with Crippen LogP contribution in [0.5, 0.6) is 0 Å². The Kier molecular flexibility index (Phi) is 6.21. The molecule has 1 amide bonds. The fourth-order valence-electron chi connectivity index (χ4n) is 3.26. The van der Waals surface area contributed by atoms with E-state index in [1.54, 1.807) is 22.9 Å². The monoisotopic (exact) mass is 378 g/mol. The highest BCUT2D eigenvalue weighted by atomic mass is 16.2. The lowest BCUT2D eigenvalue weighted by Crippen LogP contribution is -2.36. The highest BCUT2D eigenvalue weighted by molar-refractivity contribution is 5.81. The Hall–Kier alpha value is -2.99. The van der Waals surface area contributed by atoms with Crippen LogP contribution in [0.1, 0.15) is 24.1 Å². The van der Waals surface area contributed by atoms with E-state index in [2.05, 4.69) is 46.5 Å². The summed E-state index contributed by atoms with van der Waals surface area (Å²) in [7, 11) is 4.00. The summed E-state index contributed by atoms with van der Waals surface area (Å²) in [6.07, 6.45) is 2.26. The van der Waals surface area contributed by atoms with Gasteiger partial charge in [-0.1, -0.05) is 43.3 Å². The maximum atomic E-state index is 12.5. The molecule has 0 aliphatic heterocycles. The molecule has 0 spiro atoms. The number of nitrogens with one attached hydrogen (secondary N) is 1. The Morgan fingerprint density at radius 3 is 2.54 bits per heavy atom. The highest BCUT2D eigenvalue weighted by Crippen LogP contribution is 2.18. The maximum absolute atomic E-state index is 12.5. The summed E-state index contributed by atoms with van der Waals surface area (Å²) < 4.78 is 1.56. The average molecular weight is 378 g/mol. The second-order valence-corrected chi connectivity index (χ2v) is 7.06. The molecule has 6 heteroatoms. The maximum Gasteiger partial charge on any atom is 0.241 e. The van der Waals surface area contributed by atoms with E-state index < -0.39 is 0 Å². The van der Waals surface area contributed by atoms with Crippen LogP contribution in [0.4, 0.5) is 0 Å². The first-order chi connectivity index (χ1) is 13.5. The van der Waals surface area contributed by atoms with E-state index in [1.165, 1.54) is 11.8 Å². The molecule has 1 aromatic heterocycles. The van der Waals surface area contributed by atoms with Crippen LogP contribution in [0.15, 0.2) is 59.5 Å². The lowest BCUT2D eigenvalue weighted by Gasteiger charge is -2.25. The van der Waals surface area contributed by atoms with Crippen molar-refractivity contribution in [3.05, 3.63) is 76.1 Å². The van der Waals surface area contributed by atoms with Gasteiger partial charge in [-0.3, -0.25) is 14.3 Å². The Bertz CT molecular complexity index is 1010. The molecule has 0 bridgehead atoms. The van der Waals surface area contributed by atoms with Crippen molar-refractivity contribution in [1.82, 2.24) is 20.0 Å². The first-order valence-electron chi connectivity index (χ1n) is 9.46. The molecule has 0 saturated heterocycles. The smallest absolute Gasteiger partial charge is 0.241 e. The number of aryl methyl sites for hydroxylation is 1. The SMILES string of the molecule is CCc1ccc(C(CNC(=O)Cn2ncc(=O)c3ccccc32)N(C)C)cc1. The Morgan fingerprint density at radius 2 is 1.86 bits per heavy atom. The zero-order valence-corrected chi connectivity index (χ0v) is 16.6. The van der Waals surface area contributed by atoms with E-state index in [-0.39, 0.29) is 23.9 Å². The minimum Gasteiger partial charge on any atom is -0.353 e. The van der Waals surface area contributed by atoms with E-state index in [4.69, 9.17) is 0 Å². The lowest BCUT2D eigenvalue weighted by molar-refractivity contribution is -0.122. The summed E-state index contributed by atoms with van der Waals surface area (Å²) in [5.74, 6) is -0.140. The van der Waals surface area contributed by atoms with Crippen molar-refractivity contribution in [3.8, 4) is 0 Å². The number of benzene rings is 2. The third-order valence-corrected chi connectivity index (χ3v) is 4.94. The number of rotatable bonds is 7. The van der Waals surface area contributed by atoms with Gasteiger partial charge in [-0.05, 0) is 43.8 Å². The largest absolute Gasteiger partial charge is 0.353 e. The van der Waals surface area contributed by atoms with Crippen LogP contribution in [0.2, 0.25) is 0 Å². The fourth-order valence-corrected chi connectivity index (χ4v) is 3.26. The van der Waals surface area contributed by atoms with Gasteiger partial charge >= 0.3 is 0 Å². The number of nitrogens with zero attached hydrogens (tertiary/aromatic N) is 3. The second-order valence-electron chi connectivity index (χ2n) is 7.06. The van der Waals surface area contributed by atoms with E-state index in [0.717, 1.165) is 12.0 Å². The highest BCUT2D eigenvalue weighted by Gasteiger charge is 2.16. The zero-order valence-electron chi connectivity index (χ0n) is 16.6. The lowest BCUT2D eigenvalue weighted by atomic mass is 10.0. The predicted molar refractivity (Wildman–Crippen MR) is 111 cm³/mol. The molecule has 0 fully saturated rings. The van der Waals surface area contributed by atoms with E-state index in [1.807, 2.05) is 20.2 Å². The molecule has 1 unspecified atom stereocenters. The summed E-state index contributed by atoms with van der Waals surface area (Å²) in [5.41, 5.74) is 2.97. The molecule has 28 heavy (non-hydrogen) atoms. The van der Waals surface area contributed by atoms with Gasteiger partial charge in [-0.15, -0.1) is 0 Å². The number of hydrogen-bond acceptors (Lipinski definition) is 4. The fraction of sp³-hybridized carbons (Fsp3) is 0.318. The van der Waals surface area contributed by atoms with Crippen molar-refractivity contribution in [2.45, 2.75) is 25.9 Å². The number of para-hydroxylation sites is 1. The molecule has 2 aromatic carbocycles. The normalized spacial score (nSPS) is 12.3. The van der Waals surface area contributed by atoms with Crippen LogP contribution < -0.4 is 10.7 Å². The molecule has 0 radical (unpaired) electrons. The molecule has 1 N–H and O–H groups in total. The van der Waals surface area contributed by atoms with E-state index in [0.29, 0.717) is 17.4 Å². The number of fused-ring (bicyclic) bond motifs is 1. The standard InChI is InChI=1S/C22H26N4O2/c1-4-16-9-11-17(12-10-16)20(25(2)3)13-23-22(28)15-26-19-8-6-5-7-18(19)21(27)14-24-26/h5-12,14,20H,4,13,15H2,1-3H3,(H,23,28). The molecule has 0 saturated carbocycles. The van der Waals surface area contributed by atoms with Crippen molar-refractivity contribution >= 4 is 16.8 Å². The number of amides is 1. The average Bonchev–Trinajstić information content (AvgIpc) is 2.71. The van der Waals surface area contributed by atoms with Crippen molar-refractivity contribution in [2.24, 2.45) is 0 Å². The summed E-state index contributed by atoms with van der Waals surface area (Å²) in [6.45, 7) is 2.69. The van der Waals surface area contributed by atoms with Crippen LogP contribution in [0.3, 0.4) is 0 Å². The quantitative estimate of drug-likeness (QED) is 0.685. The predicted octanol–water partition coefficient (Wildman–Crippen LogP) is 2.38. The number of carbonyl (C=O) groups is 1. The first-order valence-corrected chi connectivity index (χ1v) is 9.46. The third kappa shape index (κ3) is 4.46. The zero-order chi connectivity index (χ0) is 20.1. The molecule has 1 heterocycles. The van der Waals surface area contributed by atoms with E-state index >= 15 is 0 Å². The summed E-state index contributed by atoms with van der Waals surface area (Å²) in [4.78, 5) is 26.6. The van der Waals surface area contributed by atoms with Gasteiger partial charge < -0.3 is 10.2 Å². The molecule has 0 aliphatic carbocycles. The van der Waals surface area contributed by atoms with Crippen molar-refractivity contribution in [1.29, 1.82) is 0 Å². The number of hydrogen-bond donors (Lipinski definition) is 1. The van der Waals surface area contributed by atoms with Gasteiger partial charge in [0.15, 0.2) is 0 Å². The minimum atomic E-state index is -0.143. The van der Waals surface area contributed by atoms with Crippen LogP contribution in [-0.4, -0.2) is 41.2 Å². The van der Waals surface area contributed by atoms with Gasteiger partial charge in [0.1, 0.15) is 6.54 Å². The van der Waals surface area contributed by atoms with Gasteiger partial charge in [0.05, 0.1) is 17.8 Å². The van der Waals surface area contributed by atoms with Crippen LogP contribution >= 0.6 is 0 Å². The minimum absolute atomic E-state index is 0.0652. The van der Waals surface area contributed by atoms with Crippen molar-refractivity contribution in [3.63, 3.8) is 0 Å². The second kappa shape index (κ2) is 8.80. The molecule has 1 atom stereocenters. The molecule has 0 aliphatic rings. The number of likely N-dealkylation sites (N-methyl/N-ethyl adjacent to an activating group) is 1. The van der Waals surface area contributed by atoms with Crippen LogP contribution in [0, 0.1) is 0 Å². The van der Waals surface area contributed by atoms with Gasteiger partial charge in [0.2, 0.25) is 11.3 Å². The molecular weight excluding hydrogens is 352 g/mol. The van der Waals surface area contributed by atoms with Gasteiger partial charge in [-0.2, -0.15) is 5.10 Å². The van der Waals surface area contributed by atoms with Crippen molar-refractivity contribution < 1.29 is 4.79 Å². The third-order valence-electron chi connectivity index (χ3n) is 4.94. The number of carbonyl (C=O) groups excluding carboxylic acids is 1. The summed E-state index contributed by atoms with van der Waals surface area (Å²) >= 11 is 0. The Morgan fingerprint density at radius 1 is 1.14 bits per heavy atom. The van der Waals surface area contributed by atoms with Gasteiger partial charge in [0, 0.05) is 11.9 Å². The van der Waals surface area contributed by atoms with Gasteiger partial charge in [0.25, 0.3) is 0 Å². The molecule has 3 rings (SSSR count). The van der Waals surface area contributed by atoms with Gasteiger partial charge in [-0.25, -0.2) is 0 Å². The van der Waals surface area contributed by atoms with Crippen molar-refractivity contribution in [2.75, 3.05) is 20.6 Å². The topological polar surface area (TPSA) is 67.2 Å². The van der Waals surface area contributed by atoms with Crippen LogP contribution in [-0.2, 0) is 17.8 Å². The van der Waals surface area contributed by atoms with Crippen LogP contribution in [0.25, 0.3) is 10.9 Å². The molecular formula is C22H26N4O2. The summed E-state index contributed by atoms with van der Waals surface area (Å²) in [6, 6.07) is 15.8. The molecule has 3 aromatic rings. The number of aromatic nitrogens is 2. The van der Waals surface area contributed by atoms with E-state index in [9.17, 15) is 9.59 Å². The first kappa shape index (κ1) is 19.8. The summed E-state index contributed by atoms with van der Waals surface area (Å²) in [5, 5.41) is 7.68. The molecule has 146 valence electrons.